The maximum atomic E-state index is 14.3. The molecule has 0 aromatic heterocycles. The first kappa shape index (κ1) is 36.6. The Morgan fingerprint density at radius 3 is 2.15 bits per heavy atom. The van der Waals surface area contributed by atoms with Gasteiger partial charge in [-0.2, -0.15) is 0 Å². The molecule has 5 aliphatic rings. The Balaban J connectivity index is 1.31. The molecule has 0 spiro atoms. The van der Waals surface area contributed by atoms with Crippen molar-refractivity contribution in [3.8, 4) is 0 Å². The number of sulfone groups is 1. The number of carbonyl (C=O) groups is 5. The molecule has 5 fully saturated rings. The number of likely N-dealkylation sites (tertiary alicyclic amines) is 1. The molecule has 6 atom stereocenters. The number of piperidine rings is 1. The van der Waals surface area contributed by atoms with Gasteiger partial charge in [-0.25, -0.2) is 13.2 Å². The summed E-state index contributed by atoms with van der Waals surface area (Å²) in [7, 11) is -3.55. The van der Waals surface area contributed by atoms with E-state index in [4.69, 9.17) is 0 Å². The number of amides is 5. The lowest BCUT2D eigenvalue weighted by Crippen LogP contribution is -2.64. The number of hydrogen-bond donors (Lipinski definition) is 4. The molecule has 1 heterocycles. The number of Topliss-reactive ketones (excluding diaryl/α,β-unsaturated/α-hetero) is 1. The molecular formula is C35H57N5O7S. The summed E-state index contributed by atoms with van der Waals surface area (Å²) < 4.78 is 25.6. The number of rotatable bonds is 12. The van der Waals surface area contributed by atoms with Crippen LogP contribution in [-0.4, -0.2) is 89.1 Å². The molecule has 1 saturated heterocycles. The Hall–Kier alpha value is -2.70. The lowest BCUT2D eigenvalue weighted by atomic mass is 9.83. The van der Waals surface area contributed by atoms with Gasteiger partial charge in [-0.05, 0) is 88.9 Å². The van der Waals surface area contributed by atoms with Crippen LogP contribution < -0.4 is 21.3 Å². The molecule has 2 unspecified atom stereocenters. The summed E-state index contributed by atoms with van der Waals surface area (Å²) in [4.78, 5) is 69.8. The maximum absolute atomic E-state index is 14.3. The Bertz CT molecular complexity index is 1420. The van der Waals surface area contributed by atoms with E-state index in [1.807, 2.05) is 27.7 Å². The zero-order valence-electron chi connectivity index (χ0n) is 29.9. The Labute approximate surface area is 286 Å². The summed E-state index contributed by atoms with van der Waals surface area (Å²) in [5.41, 5.74) is -2.93. The van der Waals surface area contributed by atoms with Crippen LogP contribution in [-0.2, 0) is 29.0 Å². The van der Waals surface area contributed by atoms with Gasteiger partial charge in [0.05, 0.1) is 16.0 Å². The largest absolute Gasteiger partial charge is 0.347 e. The number of carbonyl (C=O) groups excluding carboxylic acids is 5. The number of ketones is 1. The fourth-order valence-electron chi connectivity index (χ4n) is 7.85. The second-order valence-electron chi connectivity index (χ2n) is 17.4. The van der Waals surface area contributed by atoms with Crippen molar-refractivity contribution in [3.05, 3.63) is 0 Å². The summed E-state index contributed by atoms with van der Waals surface area (Å²) in [6, 6.07) is -2.40. The summed E-state index contributed by atoms with van der Waals surface area (Å²) in [5.74, 6) is -2.29. The first-order chi connectivity index (χ1) is 22.2. The van der Waals surface area contributed by atoms with E-state index >= 15 is 0 Å². The van der Waals surface area contributed by atoms with E-state index in [0.29, 0.717) is 32.2 Å². The number of fused-ring (bicyclic) bond motifs is 1. The summed E-state index contributed by atoms with van der Waals surface area (Å²) in [6.07, 6.45) is 7.99. The first-order valence-electron chi connectivity index (χ1n) is 18.0. The fraction of sp³-hybridized carbons (Fsp3) is 0.857. The van der Waals surface area contributed by atoms with Gasteiger partial charge in [0.15, 0.2) is 9.84 Å². The topological polar surface area (TPSA) is 171 Å². The standard InChI is InChI=1S/C35H57N5O7S/c1-8-12-22-18-35(22,27(41)29(43)36-23-13-14-23)38-28(42)25-24-17-21(24)19-40(25)30(44)26(32(2,3)4)37-31(45)39-34(15-10-9-11-16-34)20-48(46,47)33(5,6)7/h21-26H,8-20H2,1-7H3,(H,36,43)(H,38,42)(H2,37,39,45)/t21-,22?,24-,25-,26+,35?/m0/s1. The molecule has 270 valence electrons. The van der Waals surface area contributed by atoms with Crippen molar-refractivity contribution in [1.29, 1.82) is 0 Å². The third-order valence-corrected chi connectivity index (χ3v) is 14.1. The third-order valence-electron chi connectivity index (χ3n) is 11.3. The van der Waals surface area contributed by atoms with E-state index in [9.17, 15) is 32.4 Å². The first-order valence-corrected chi connectivity index (χ1v) is 19.7. The van der Waals surface area contributed by atoms with E-state index in [-0.39, 0.29) is 29.5 Å². The molecule has 0 aromatic rings. The highest BCUT2D eigenvalue weighted by Gasteiger charge is 2.65. The zero-order chi connectivity index (χ0) is 35.4. The van der Waals surface area contributed by atoms with E-state index < -0.39 is 72.7 Å². The highest BCUT2D eigenvalue weighted by Crippen LogP contribution is 2.52. The summed E-state index contributed by atoms with van der Waals surface area (Å²) >= 11 is 0. The van der Waals surface area contributed by atoms with Crippen molar-refractivity contribution in [2.24, 2.45) is 23.2 Å². The quantitative estimate of drug-likeness (QED) is 0.228. The Morgan fingerprint density at radius 1 is 0.938 bits per heavy atom. The predicted molar refractivity (Wildman–Crippen MR) is 181 cm³/mol. The van der Waals surface area contributed by atoms with Gasteiger partial charge < -0.3 is 26.2 Å². The van der Waals surface area contributed by atoms with Crippen LogP contribution in [0.1, 0.15) is 119 Å². The second-order valence-corrected chi connectivity index (χ2v) is 20.2. The molecule has 5 amide bonds. The molecule has 4 aliphatic carbocycles. The van der Waals surface area contributed by atoms with Gasteiger partial charge in [-0.15, -0.1) is 0 Å². The van der Waals surface area contributed by atoms with Crippen molar-refractivity contribution in [3.63, 3.8) is 0 Å². The fourth-order valence-corrected chi connectivity index (χ4v) is 9.38. The van der Waals surface area contributed by atoms with Gasteiger partial charge in [0.1, 0.15) is 17.6 Å². The van der Waals surface area contributed by atoms with Crippen LogP contribution in [0.4, 0.5) is 4.79 Å². The van der Waals surface area contributed by atoms with Gasteiger partial charge in [-0.3, -0.25) is 19.2 Å². The molecule has 13 heteroatoms. The third kappa shape index (κ3) is 7.55. The van der Waals surface area contributed by atoms with Crippen LogP contribution in [0.2, 0.25) is 0 Å². The van der Waals surface area contributed by atoms with Gasteiger partial charge >= 0.3 is 6.03 Å². The minimum absolute atomic E-state index is 0.0164. The molecule has 4 N–H and O–H groups in total. The van der Waals surface area contributed by atoms with Crippen LogP contribution in [0.25, 0.3) is 0 Å². The monoisotopic (exact) mass is 691 g/mol. The van der Waals surface area contributed by atoms with Crippen molar-refractivity contribution in [2.75, 3.05) is 12.3 Å². The predicted octanol–water partition coefficient (Wildman–Crippen LogP) is 2.99. The Morgan fingerprint density at radius 2 is 1.58 bits per heavy atom. The zero-order valence-corrected chi connectivity index (χ0v) is 30.7. The number of hydrogen-bond acceptors (Lipinski definition) is 7. The molecule has 12 nitrogen and oxygen atoms in total. The molecule has 0 radical (unpaired) electrons. The average Bonchev–Trinajstić information content (AvgIpc) is 3.92. The molecule has 48 heavy (non-hydrogen) atoms. The molecular weight excluding hydrogens is 634 g/mol. The highest BCUT2D eigenvalue weighted by atomic mass is 32.2. The van der Waals surface area contributed by atoms with Gasteiger partial charge in [0.25, 0.3) is 5.91 Å². The van der Waals surface area contributed by atoms with Crippen LogP contribution in [0.3, 0.4) is 0 Å². The molecule has 5 rings (SSSR count). The SMILES string of the molecule is CCCC1CC1(NC(=O)[C@@H]1[C@H]2C[C@H]2CN1C(=O)[C@@H](NC(=O)NC1(CS(=O)(=O)C(C)(C)C)CCCCC1)C(C)(C)C)C(=O)C(=O)NC1CC1. The number of urea groups is 1. The minimum Gasteiger partial charge on any atom is -0.347 e. The summed E-state index contributed by atoms with van der Waals surface area (Å²) in [6.45, 7) is 12.9. The lowest BCUT2D eigenvalue weighted by molar-refractivity contribution is -0.145. The lowest BCUT2D eigenvalue weighted by Gasteiger charge is -2.41. The van der Waals surface area contributed by atoms with Gasteiger partial charge in [0.2, 0.25) is 17.6 Å². The van der Waals surface area contributed by atoms with Crippen LogP contribution in [0.5, 0.6) is 0 Å². The van der Waals surface area contributed by atoms with Crippen molar-refractivity contribution in [2.45, 2.75) is 153 Å². The normalized spacial score (nSPS) is 30.0. The van der Waals surface area contributed by atoms with Gasteiger partial charge in [-0.1, -0.05) is 53.4 Å². The van der Waals surface area contributed by atoms with E-state index in [1.165, 1.54) is 0 Å². The second kappa shape index (κ2) is 12.9. The highest BCUT2D eigenvalue weighted by molar-refractivity contribution is 7.92. The molecule has 0 aromatic carbocycles. The van der Waals surface area contributed by atoms with E-state index in [0.717, 1.165) is 44.9 Å². The van der Waals surface area contributed by atoms with Gasteiger partial charge in [0, 0.05) is 12.6 Å². The number of nitrogens with one attached hydrogen (secondary N) is 4. The average molecular weight is 692 g/mol. The Kier molecular flexibility index (Phi) is 9.82. The van der Waals surface area contributed by atoms with Crippen LogP contribution >= 0.6 is 0 Å². The molecule has 4 saturated carbocycles. The van der Waals surface area contributed by atoms with Crippen molar-refractivity contribution in [1.82, 2.24) is 26.2 Å². The summed E-state index contributed by atoms with van der Waals surface area (Å²) in [5, 5.41) is 11.6. The number of nitrogens with zero attached hydrogens (tertiary/aromatic N) is 1. The minimum atomic E-state index is -3.55. The smallest absolute Gasteiger partial charge is 0.315 e. The van der Waals surface area contributed by atoms with Crippen LogP contribution in [0.15, 0.2) is 0 Å². The molecule has 1 aliphatic heterocycles. The van der Waals surface area contributed by atoms with E-state index in [2.05, 4.69) is 21.3 Å². The van der Waals surface area contributed by atoms with Crippen LogP contribution in [0, 0.1) is 23.2 Å². The van der Waals surface area contributed by atoms with E-state index in [1.54, 1.807) is 25.7 Å². The van der Waals surface area contributed by atoms with Crippen molar-refractivity contribution < 1.29 is 32.4 Å². The van der Waals surface area contributed by atoms with Crippen molar-refractivity contribution >= 4 is 39.4 Å². The maximum Gasteiger partial charge on any atom is 0.315 e. The molecule has 0 bridgehead atoms.